The first-order chi connectivity index (χ1) is 22.9. The Labute approximate surface area is 283 Å². The summed E-state index contributed by atoms with van der Waals surface area (Å²) in [6.45, 7) is 5.28. The number of nitrogens with zero attached hydrogens (tertiary/aromatic N) is 4. The van der Waals surface area contributed by atoms with Crippen molar-refractivity contribution < 1.29 is 29.0 Å². The van der Waals surface area contributed by atoms with E-state index in [9.17, 15) is 19.5 Å². The number of phenols is 1. The molecule has 248 valence electrons. The van der Waals surface area contributed by atoms with E-state index in [-0.39, 0.29) is 36.1 Å². The van der Waals surface area contributed by atoms with Gasteiger partial charge in [0.25, 0.3) is 5.91 Å². The van der Waals surface area contributed by atoms with Gasteiger partial charge in [0.1, 0.15) is 29.0 Å². The lowest BCUT2D eigenvalue weighted by Crippen LogP contribution is -2.38. The third-order valence-corrected chi connectivity index (χ3v) is 7.93. The highest BCUT2D eigenvalue weighted by Gasteiger charge is 2.34. The van der Waals surface area contributed by atoms with Gasteiger partial charge in [-0.2, -0.15) is 0 Å². The normalized spacial score (nSPS) is 14.4. The number of hydrogen-bond donors (Lipinski definition) is 2. The van der Waals surface area contributed by atoms with Gasteiger partial charge in [0.05, 0.1) is 30.7 Å². The molecule has 3 aromatic carbocycles. The van der Waals surface area contributed by atoms with E-state index in [1.807, 2.05) is 42.5 Å². The lowest BCUT2D eigenvalue weighted by atomic mass is 10.00. The number of carbonyl (C=O) groups excluding carboxylic acids is 3. The van der Waals surface area contributed by atoms with Gasteiger partial charge in [0.15, 0.2) is 0 Å². The van der Waals surface area contributed by atoms with Crippen LogP contribution >= 0.6 is 11.6 Å². The van der Waals surface area contributed by atoms with Crippen molar-refractivity contribution in [3.05, 3.63) is 106 Å². The van der Waals surface area contributed by atoms with Gasteiger partial charge in [-0.25, -0.2) is 14.7 Å². The Hall–Kier alpha value is -5.42. The van der Waals surface area contributed by atoms with Gasteiger partial charge in [-0.3, -0.25) is 14.6 Å². The average molecular weight is 670 g/mol. The number of anilines is 3. The molecule has 48 heavy (non-hydrogen) atoms. The number of nitrogens with one attached hydrogen (secondary N) is 1. The summed E-state index contributed by atoms with van der Waals surface area (Å²) in [6, 6.07) is 19.9. The molecule has 0 saturated carbocycles. The second-order valence-corrected chi connectivity index (χ2v) is 12.5. The van der Waals surface area contributed by atoms with Crippen LogP contribution in [-0.4, -0.2) is 60.0 Å². The minimum Gasteiger partial charge on any atom is -0.508 e. The van der Waals surface area contributed by atoms with Gasteiger partial charge < -0.3 is 24.8 Å². The topological polar surface area (TPSA) is 134 Å². The molecule has 2 N–H and O–H groups in total. The van der Waals surface area contributed by atoms with E-state index >= 15 is 0 Å². The SMILES string of the molecule is CNc1ncc(C2=NC(Cc3ccccc3Cl)C(=O)N(Cc3ccc(OC)cc3)c3ccc(O)cc32)cc1N(C=O)C(=O)OC(C)(C)C. The van der Waals surface area contributed by atoms with E-state index in [2.05, 4.69) is 10.3 Å². The number of benzene rings is 3. The van der Waals surface area contributed by atoms with Crippen LogP contribution < -0.4 is 19.9 Å². The standard InChI is InChI=1S/C36H36ClN5O6/c1-36(2,3)48-35(46)42(21-43)31-17-24(19-39-33(31)38-4)32-27-18-25(44)12-15-30(27)41(20-22-10-13-26(47-5)14-11-22)34(45)29(40-32)16-23-8-6-7-9-28(23)37/h6-15,17-19,21,29,44H,16,20H2,1-5H3,(H,38,39). The van der Waals surface area contributed by atoms with Crippen LogP contribution in [0.4, 0.5) is 22.0 Å². The van der Waals surface area contributed by atoms with Gasteiger partial charge in [-0.05, 0) is 74.4 Å². The first kappa shape index (κ1) is 33.9. The van der Waals surface area contributed by atoms with Crippen LogP contribution in [0.2, 0.25) is 5.02 Å². The molecule has 2 heterocycles. The van der Waals surface area contributed by atoms with E-state index in [4.69, 9.17) is 26.1 Å². The predicted octanol–water partition coefficient (Wildman–Crippen LogP) is 6.38. The van der Waals surface area contributed by atoms with Gasteiger partial charge >= 0.3 is 6.09 Å². The zero-order valence-electron chi connectivity index (χ0n) is 27.2. The van der Waals surface area contributed by atoms with Gasteiger partial charge in [0.2, 0.25) is 6.41 Å². The smallest absolute Gasteiger partial charge is 0.421 e. The number of phenolic OH excluding ortho intramolecular Hbond substituents is 1. The highest BCUT2D eigenvalue weighted by Crippen LogP contribution is 2.35. The first-order valence-corrected chi connectivity index (χ1v) is 15.5. The van der Waals surface area contributed by atoms with E-state index < -0.39 is 17.7 Å². The number of methoxy groups -OCH3 is 1. The molecule has 0 spiro atoms. The molecule has 11 nitrogen and oxygen atoms in total. The number of aromatic nitrogens is 1. The molecule has 1 aromatic heterocycles. The van der Waals surface area contributed by atoms with Crippen LogP contribution in [0, 0.1) is 0 Å². The van der Waals surface area contributed by atoms with E-state index in [0.29, 0.717) is 39.7 Å². The van der Waals surface area contributed by atoms with Crippen LogP contribution in [0.1, 0.15) is 43.0 Å². The second-order valence-electron chi connectivity index (χ2n) is 12.1. The quantitative estimate of drug-likeness (QED) is 0.196. The van der Waals surface area contributed by atoms with Crippen LogP contribution in [0.5, 0.6) is 11.5 Å². The summed E-state index contributed by atoms with van der Waals surface area (Å²) < 4.78 is 10.8. The summed E-state index contributed by atoms with van der Waals surface area (Å²) in [5, 5.41) is 14.1. The maximum Gasteiger partial charge on any atom is 0.421 e. The van der Waals surface area contributed by atoms with Crippen molar-refractivity contribution in [3.8, 4) is 11.5 Å². The third-order valence-electron chi connectivity index (χ3n) is 7.57. The monoisotopic (exact) mass is 669 g/mol. The molecule has 12 heteroatoms. The molecule has 0 saturated heterocycles. The van der Waals surface area contributed by atoms with Crippen molar-refractivity contribution in [2.45, 2.75) is 45.4 Å². The molecule has 0 fully saturated rings. The Morgan fingerprint density at radius 3 is 2.48 bits per heavy atom. The summed E-state index contributed by atoms with van der Waals surface area (Å²) in [5.41, 5.74) is 2.43. The van der Waals surface area contributed by atoms with Crippen LogP contribution in [-0.2, 0) is 27.3 Å². The Bertz CT molecular complexity index is 1870. The summed E-state index contributed by atoms with van der Waals surface area (Å²) in [7, 11) is 3.19. The largest absolute Gasteiger partial charge is 0.508 e. The lowest BCUT2D eigenvalue weighted by Gasteiger charge is -2.26. The number of benzodiazepines with no additional fused rings is 1. The Morgan fingerprint density at radius 1 is 1.10 bits per heavy atom. The van der Waals surface area contributed by atoms with Crippen molar-refractivity contribution in [1.29, 1.82) is 0 Å². The number of amides is 3. The number of fused-ring (bicyclic) bond motifs is 1. The zero-order chi connectivity index (χ0) is 34.6. The average Bonchev–Trinajstić information content (AvgIpc) is 3.16. The first-order valence-electron chi connectivity index (χ1n) is 15.2. The van der Waals surface area contributed by atoms with E-state index in [1.165, 1.54) is 18.3 Å². The van der Waals surface area contributed by atoms with Crippen LogP contribution in [0.25, 0.3) is 0 Å². The molecular formula is C36H36ClN5O6. The molecular weight excluding hydrogens is 634 g/mol. The van der Waals surface area contributed by atoms with Gasteiger partial charge in [0, 0.05) is 35.8 Å². The zero-order valence-corrected chi connectivity index (χ0v) is 28.0. The fraction of sp³-hybridized carbons (Fsp3) is 0.250. The van der Waals surface area contributed by atoms with E-state index in [1.54, 1.807) is 58.0 Å². The molecule has 1 aliphatic rings. The summed E-state index contributed by atoms with van der Waals surface area (Å²) in [6.07, 6.45) is 1.15. The van der Waals surface area contributed by atoms with Crippen LogP contribution in [0.3, 0.4) is 0 Å². The van der Waals surface area contributed by atoms with Gasteiger partial charge in [-0.1, -0.05) is 41.9 Å². The highest BCUT2D eigenvalue weighted by molar-refractivity contribution is 6.31. The summed E-state index contributed by atoms with van der Waals surface area (Å²) in [5.74, 6) is 0.562. The Kier molecular flexibility index (Phi) is 10.00. The van der Waals surface area contributed by atoms with Gasteiger partial charge in [-0.15, -0.1) is 0 Å². The Balaban J connectivity index is 1.70. The second kappa shape index (κ2) is 14.1. The van der Waals surface area contributed by atoms with Crippen molar-refractivity contribution in [1.82, 2.24) is 4.98 Å². The summed E-state index contributed by atoms with van der Waals surface area (Å²) >= 11 is 6.55. The lowest BCUT2D eigenvalue weighted by molar-refractivity contribution is -0.119. The fourth-order valence-electron chi connectivity index (χ4n) is 5.31. The molecule has 0 radical (unpaired) electrons. The molecule has 1 unspecified atom stereocenters. The molecule has 5 rings (SSSR count). The summed E-state index contributed by atoms with van der Waals surface area (Å²) in [4.78, 5) is 51.9. The highest BCUT2D eigenvalue weighted by atomic mass is 35.5. The number of rotatable bonds is 9. The van der Waals surface area contributed by atoms with Crippen molar-refractivity contribution in [2.24, 2.45) is 4.99 Å². The Morgan fingerprint density at radius 2 is 1.83 bits per heavy atom. The number of aromatic hydroxyl groups is 1. The minimum atomic E-state index is -0.951. The molecule has 3 amide bonds. The van der Waals surface area contributed by atoms with Crippen molar-refractivity contribution >= 4 is 52.9 Å². The van der Waals surface area contributed by atoms with Crippen molar-refractivity contribution in [3.63, 3.8) is 0 Å². The maximum atomic E-state index is 14.5. The number of halogens is 1. The number of ether oxygens (including phenoxy) is 2. The molecule has 0 aliphatic carbocycles. The molecule has 1 atom stereocenters. The van der Waals surface area contributed by atoms with E-state index in [0.717, 1.165) is 16.0 Å². The van der Waals surface area contributed by atoms with Crippen LogP contribution in [0.15, 0.2) is 84.0 Å². The maximum absolute atomic E-state index is 14.5. The predicted molar refractivity (Wildman–Crippen MR) is 185 cm³/mol. The third kappa shape index (κ3) is 7.42. The number of imide groups is 1. The molecule has 4 aromatic rings. The minimum absolute atomic E-state index is 0.0499. The number of hydrogen-bond acceptors (Lipinski definition) is 9. The molecule has 1 aliphatic heterocycles. The number of pyridine rings is 1. The van der Waals surface area contributed by atoms with Crippen molar-refractivity contribution in [2.75, 3.05) is 29.3 Å². The fourth-order valence-corrected chi connectivity index (χ4v) is 5.52. The number of carbonyl (C=O) groups is 3. The molecule has 0 bridgehead atoms. The number of aliphatic imine (C=N–C) groups is 1.